The van der Waals surface area contributed by atoms with Crippen LogP contribution in [0.15, 0.2) is 47.4 Å². The summed E-state index contributed by atoms with van der Waals surface area (Å²) >= 11 is 1.67. The van der Waals surface area contributed by atoms with Gasteiger partial charge in [0.1, 0.15) is 5.75 Å². The third-order valence-corrected chi connectivity index (χ3v) is 6.61. The van der Waals surface area contributed by atoms with Gasteiger partial charge < -0.3 is 9.84 Å². The smallest absolute Gasteiger partial charge is 0.490 e. The number of carboxylic acids is 1. The number of aliphatic carboxylic acids is 1. The Hall–Kier alpha value is -2.70. The molecule has 2 N–H and O–H groups in total. The third-order valence-electron chi connectivity index (χ3n) is 5.16. The fourth-order valence-electron chi connectivity index (χ4n) is 3.64. The maximum atomic E-state index is 11.4. The van der Waals surface area contributed by atoms with E-state index < -0.39 is 22.2 Å². The van der Waals surface area contributed by atoms with E-state index in [4.69, 9.17) is 14.6 Å². The number of fused-ring (bicyclic) bond motifs is 1. The minimum atomic E-state index is -5.08. The highest BCUT2D eigenvalue weighted by Gasteiger charge is 2.38. The number of nitrogens with zero attached hydrogens (tertiary/aromatic N) is 1. The molecule has 0 radical (unpaired) electrons. The van der Waals surface area contributed by atoms with Crippen LogP contribution < -0.4 is 9.46 Å². The highest BCUT2D eigenvalue weighted by molar-refractivity contribution is 7.88. The van der Waals surface area contributed by atoms with Crippen LogP contribution in [-0.2, 0) is 14.8 Å². The Balaban J connectivity index is 0.000000406. The van der Waals surface area contributed by atoms with Crippen molar-refractivity contribution >= 4 is 38.1 Å². The highest BCUT2D eigenvalue weighted by Crippen LogP contribution is 2.37. The number of sulfonamides is 1. The molecule has 12 heteroatoms. The summed E-state index contributed by atoms with van der Waals surface area (Å²) in [6.07, 6.45) is 3.13. The molecule has 1 aliphatic carbocycles. The number of thiophene rings is 1. The van der Waals surface area contributed by atoms with Crippen molar-refractivity contribution in [2.75, 3.05) is 6.26 Å². The van der Waals surface area contributed by atoms with Gasteiger partial charge in [-0.05, 0) is 71.7 Å². The molecule has 34 heavy (non-hydrogen) atoms. The summed E-state index contributed by atoms with van der Waals surface area (Å²) in [6, 6.07) is 8.35. The van der Waals surface area contributed by atoms with Crippen LogP contribution in [0.4, 0.5) is 13.2 Å². The van der Waals surface area contributed by atoms with Crippen molar-refractivity contribution in [3.8, 4) is 16.9 Å². The second-order valence-corrected chi connectivity index (χ2v) is 10.4. The van der Waals surface area contributed by atoms with Gasteiger partial charge in [0, 0.05) is 29.4 Å². The number of nitrogens with one attached hydrogen (secondary N) is 1. The van der Waals surface area contributed by atoms with Gasteiger partial charge in [0.2, 0.25) is 10.0 Å². The van der Waals surface area contributed by atoms with Crippen molar-refractivity contribution in [3.05, 3.63) is 47.4 Å². The third kappa shape index (κ3) is 7.40. The van der Waals surface area contributed by atoms with Crippen molar-refractivity contribution in [2.45, 2.75) is 44.0 Å². The van der Waals surface area contributed by atoms with Crippen LogP contribution in [0.1, 0.15) is 25.7 Å². The number of hydrogen-bond donors (Lipinski definition) is 2. The molecule has 2 heterocycles. The fraction of sp³-hybridized carbons (Fsp3) is 0.364. The standard InChI is InChI=1S/C20H22N2O3S2.C2HF3O2/c1-27(23,24)22-17-2-4-18(5-3-17)25-20-11-16-12-21-8-6-14(16)10-19(20)15-7-9-26-13-15;3-2(4,5)1(6)7/h6-13,17-18,22H,2-5H2,1H3;(H,6,7). The van der Waals surface area contributed by atoms with Gasteiger partial charge in [0.25, 0.3) is 0 Å². The van der Waals surface area contributed by atoms with E-state index in [2.05, 4.69) is 38.7 Å². The SMILES string of the molecule is CS(=O)(=O)NC1CCC(Oc2cc3cnccc3cc2-c2ccsc2)CC1.O=C(O)C(F)(F)F. The number of carbonyl (C=O) groups is 1. The van der Waals surface area contributed by atoms with Crippen LogP contribution in [0.5, 0.6) is 5.75 Å². The molecule has 1 aliphatic rings. The molecule has 1 fully saturated rings. The Morgan fingerprint density at radius 2 is 1.85 bits per heavy atom. The van der Waals surface area contributed by atoms with Crippen molar-refractivity contribution < 1.29 is 36.2 Å². The van der Waals surface area contributed by atoms with Crippen molar-refractivity contribution in [1.82, 2.24) is 9.71 Å². The summed E-state index contributed by atoms with van der Waals surface area (Å²) in [6.45, 7) is 0. The molecule has 1 saturated carbocycles. The van der Waals surface area contributed by atoms with E-state index in [9.17, 15) is 21.6 Å². The van der Waals surface area contributed by atoms with Gasteiger partial charge in [-0.3, -0.25) is 4.98 Å². The molecule has 0 amide bonds. The first-order valence-corrected chi connectivity index (χ1v) is 13.1. The lowest BCUT2D eigenvalue weighted by Gasteiger charge is -2.29. The number of ether oxygens (including phenoxy) is 1. The summed E-state index contributed by atoms with van der Waals surface area (Å²) in [5.74, 6) is -1.89. The van der Waals surface area contributed by atoms with Crippen LogP contribution in [0.2, 0.25) is 0 Å². The largest absolute Gasteiger partial charge is 0.490 e. The monoisotopic (exact) mass is 516 g/mol. The number of carboxylic acid groups (broad SMARTS) is 1. The maximum Gasteiger partial charge on any atom is 0.490 e. The minimum absolute atomic E-state index is 0.0111. The second-order valence-electron chi connectivity index (χ2n) is 7.87. The minimum Gasteiger partial charge on any atom is -0.490 e. The molecule has 0 atom stereocenters. The summed E-state index contributed by atoms with van der Waals surface area (Å²) in [5.41, 5.74) is 2.24. The highest BCUT2D eigenvalue weighted by atomic mass is 32.2. The Morgan fingerprint density at radius 3 is 2.41 bits per heavy atom. The van der Waals surface area contributed by atoms with Gasteiger partial charge in [0.15, 0.2) is 0 Å². The van der Waals surface area contributed by atoms with Gasteiger partial charge in [-0.2, -0.15) is 24.5 Å². The molecule has 7 nitrogen and oxygen atoms in total. The van der Waals surface area contributed by atoms with Crippen molar-refractivity contribution in [2.24, 2.45) is 0 Å². The van der Waals surface area contributed by atoms with Gasteiger partial charge in [-0.25, -0.2) is 17.9 Å². The number of alkyl halides is 3. The zero-order valence-electron chi connectivity index (χ0n) is 18.1. The number of pyridine rings is 1. The first-order valence-electron chi connectivity index (χ1n) is 10.3. The van der Waals surface area contributed by atoms with Gasteiger partial charge >= 0.3 is 12.1 Å². The van der Waals surface area contributed by atoms with Crippen LogP contribution in [0, 0.1) is 0 Å². The second kappa shape index (κ2) is 10.7. The first kappa shape index (κ1) is 25.9. The molecule has 184 valence electrons. The van der Waals surface area contributed by atoms with E-state index in [1.54, 1.807) is 17.5 Å². The van der Waals surface area contributed by atoms with E-state index >= 15 is 0 Å². The Labute approximate surface area is 198 Å². The molecule has 0 bridgehead atoms. The Kier molecular flexibility index (Phi) is 8.16. The van der Waals surface area contributed by atoms with Crippen molar-refractivity contribution in [1.29, 1.82) is 0 Å². The zero-order valence-corrected chi connectivity index (χ0v) is 19.7. The Bertz CT molecular complexity index is 1220. The van der Waals surface area contributed by atoms with E-state index in [0.29, 0.717) is 0 Å². The fourth-order valence-corrected chi connectivity index (χ4v) is 5.13. The predicted octanol–water partition coefficient (Wildman–Crippen LogP) is 4.84. The summed E-state index contributed by atoms with van der Waals surface area (Å²) in [5, 5.41) is 13.5. The molecular formula is C22H23F3N2O5S2. The van der Waals surface area contributed by atoms with Crippen LogP contribution >= 0.6 is 11.3 Å². The van der Waals surface area contributed by atoms with Crippen LogP contribution in [-0.4, -0.2) is 49.1 Å². The molecule has 3 aromatic rings. The van der Waals surface area contributed by atoms with E-state index in [1.807, 2.05) is 12.3 Å². The quantitative estimate of drug-likeness (QED) is 0.503. The topological polar surface area (TPSA) is 106 Å². The number of hydrogen-bond acceptors (Lipinski definition) is 6. The average Bonchev–Trinajstić information content (AvgIpc) is 3.28. The maximum absolute atomic E-state index is 11.4. The van der Waals surface area contributed by atoms with Crippen LogP contribution in [0.3, 0.4) is 0 Å². The molecular weight excluding hydrogens is 493 g/mol. The number of aromatic nitrogens is 1. The summed E-state index contributed by atoms with van der Waals surface area (Å²) in [4.78, 5) is 13.1. The van der Waals surface area contributed by atoms with Gasteiger partial charge in [0.05, 0.1) is 12.4 Å². The molecule has 0 spiro atoms. The number of halogens is 3. The number of rotatable bonds is 5. The lowest BCUT2D eigenvalue weighted by Crippen LogP contribution is -2.39. The lowest BCUT2D eigenvalue weighted by atomic mass is 9.93. The average molecular weight is 517 g/mol. The van der Waals surface area contributed by atoms with Crippen molar-refractivity contribution in [3.63, 3.8) is 0 Å². The molecule has 2 aromatic heterocycles. The molecule has 0 aliphatic heterocycles. The molecule has 1 aromatic carbocycles. The predicted molar refractivity (Wildman–Crippen MR) is 123 cm³/mol. The first-order chi connectivity index (χ1) is 15.9. The van der Waals surface area contributed by atoms with Crippen LogP contribution in [0.25, 0.3) is 21.9 Å². The zero-order chi connectivity index (χ0) is 24.9. The summed E-state index contributed by atoms with van der Waals surface area (Å²) < 4.78 is 63.7. The van der Waals surface area contributed by atoms with E-state index in [1.165, 1.54) is 6.26 Å². The van der Waals surface area contributed by atoms with E-state index in [-0.39, 0.29) is 12.1 Å². The normalized spacial score (nSPS) is 18.7. The van der Waals surface area contributed by atoms with Gasteiger partial charge in [-0.15, -0.1) is 0 Å². The molecule has 4 rings (SSSR count). The Morgan fingerprint density at radius 1 is 1.18 bits per heavy atom. The number of benzene rings is 1. The lowest BCUT2D eigenvalue weighted by molar-refractivity contribution is -0.192. The molecule has 0 unspecified atom stereocenters. The van der Waals surface area contributed by atoms with E-state index in [0.717, 1.165) is 53.3 Å². The van der Waals surface area contributed by atoms with Gasteiger partial charge in [-0.1, -0.05) is 0 Å². The molecule has 0 saturated heterocycles. The summed E-state index contributed by atoms with van der Waals surface area (Å²) in [7, 11) is -3.16.